The van der Waals surface area contributed by atoms with E-state index in [0.29, 0.717) is 0 Å². The number of hydrogen-bond acceptors (Lipinski definition) is 0. The summed E-state index contributed by atoms with van der Waals surface area (Å²) in [5.41, 5.74) is 12.8. The van der Waals surface area contributed by atoms with Gasteiger partial charge in [0, 0.05) is 0 Å². The zero-order valence-corrected chi connectivity index (χ0v) is 20.5. The van der Waals surface area contributed by atoms with Crippen molar-refractivity contribution < 1.29 is 21.3 Å². The molecule has 4 aliphatic carbocycles. The van der Waals surface area contributed by atoms with Gasteiger partial charge in [0.05, 0.1) is 0 Å². The Bertz CT molecular complexity index is 787. The monoisotopic (exact) mass is 466 g/mol. The zero-order valence-electron chi connectivity index (χ0n) is 16.4. The zero-order chi connectivity index (χ0) is 17.0. The first-order chi connectivity index (χ1) is 11.5. The Morgan fingerprint density at radius 1 is 0.692 bits per heavy atom. The number of fused-ring (bicyclic) bond motifs is 2. The minimum atomic E-state index is -2.05. The van der Waals surface area contributed by atoms with E-state index in [0.717, 1.165) is 0 Å². The fourth-order valence-corrected chi connectivity index (χ4v) is 11.4. The average Bonchev–Trinajstić information content (AvgIpc) is 3.05. The van der Waals surface area contributed by atoms with Gasteiger partial charge in [-0.15, -0.1) is 24.8 Å². The number of rotatable bonds is 2. The SMILES string of the molecule is Cl.Cl.[CH2]=[Zr]([C]1=C2CCCC(C)=C2C=C1C)[C]1=C2CCCC(C)=C2C=C1C. The van der Waals surface area contributed by atoms with Crippen LogP contribution in [0.25, 0.3) is 0 Å². The van der Waals surface area contributed by atoms with E-state index in [1.807, 2.05) is 0 Å². The Morgan fingerprint density at radius 2 is 1.08 bits per heavy atom. The van der Waals surface area contributed by atoms with E-state index in [1.54, 1.807) is 40.0 Å². The van der Waals surface area contributed by atoms with Crippen molar-refractivity contribution in [2.75, 3.05) is 0 Å². The number of allylic oxidation sites excluding steroid dienone is 12. The molecule has 0 fully saturated rings. The van der Waals surface area contributed by atoms with Gasteiger partial charge in [-0.2, -0.15) is 0 Å². The van der Waals surface area contributed by atoms with Gasteiger partial charge in [-0.1, -0.05) is 0 Å². The standard InChI is InChI=1S/2C11H13.CH2.2ClH.Zr/c2*1-8-6-10-5-3-4-9(2)11(10)7-8;;;;/h2*7H,3-5H2,1-2H3;1H2;2*1H;. The van der Waals surface area contributed by atoms with Crippen molar-refractivity contribution in [2.24, 2.45) is 0 Å². The molecular weight excluding hydrogens is 438 g/mol. The average molecular weight is 469 g/mol. The predicted octanol–water partition coefficient (Wildman–Crippen LogP) is 7.31. The van der Waals surface area contributed by atoms with Crippen LogP contribution in [0, 0.1) is 0 Å². The fourth-order valence-electron chi connectivity index (χ4n) is 5.07. The van der Waals surface area contributed by atoms with Crippen LogP contribution in [0.15, 0.2) is 63.3 Å². The van der Waals surface area contributed by atoms with Crippen molar-refractivity contribution in [3.63, 3.8) is 0 Å². The van der Waals surface area contributed by atoms with Gasteiger partial charge in [-0.05, 0) is 0 Å². The second-order valence-electron chi connectivity index (χ2n) is 7.94. The summed E-state index contributed by atoms with van der Waals surface area (Å²) in [6.07, 6.45) is 12.7. The Hall–Kier alpha value is -0.227. The first-order valence-electron chi connectivity index (χ1n) is 9.42. The van der Waals surface area contributed by atoms with Gasteiger partial charge in [0.1, 0.15) is 0 Å². The quantitative estimate of drug-likeness (QED) is 0.399. The molecule has 0 aromatic carbocycles. The van der Waals surface area contributed by atoms with Crippen LogP contribution in [0.3, 0.4) is 0 Å². The molecule has 0 unspecified atom stereocenters. The van der Waals surface area contributed by atoms with Crippen molar-refractivity contribution in [1.82, 2.24) is 0 Å². The maximum atomic E-state index is 4.89. The maximum absolute atomic E-state index is 4.89. The first-order valence-corrected chi connectivity index (χ1v) is 13.6. The van der Waals surface area contributed by atoms with Gasteiger partial charge in [0.25, 0.3) is 0 Å². The van der Waals surface area contributed by atoms with Crippen molar-refractivity contribution in [3.8, 4) is 0 Å². The van der Waals surface area contributed by atoms with E-state index in [-0.39, 0.29) is 24.8 Å². The fraction of sp³-hybridized carbons (Fsp3) is 0.435. The van der Waals surface area contributed by atoms with Gasteiger partial charge in [0.2, 0.25) is 0 Å². The van der Waals surface area contributed by atoms with Crippen molar-refractivity contribution in [2.45, 2.75) is 66.2 Å². The molecule has 4 rings (SSSR count). The summed E-state index contributed by atoms with van der Waals surface area (Å²) >= 11 is -2.05. The third-order valence-corrected chi connectivity index (χ3v) is 12.6. The summed E-state index contributed by atoms with van der Waals surface area (Å²) in [5.74, 6) is 0. The van der Waals surface area contributed by atoms with Crippen molar-refractivity contribution in [1.29, 1.82) is 0 Å². The minimum absolute atomic E-state index is 0. The third kappa shape index (κ3) is 3.45. The summed E-state index contributed by atoms with van der Waals surface area (Å²) in [6, 6.07) is 0. The Balaban J connectivity index is 0.00000121. The molecule has 0 saturated heterocycles. The molecule has 0 nitrogen and oxygen atoms in total. The molecule has 4 aliphatic rings. The molecule has 3 heteroatoms. The van der Waals surface area contributed by atoms with E-state index < -0.39 is 21.3 Å². The molecule has 0 heterocycles. The molecule has 0 bridgehead atoms. The molecule has 0 amide bonds. The molecule has 26 heavy (non-hydrogen) atoms. The predicted molar refractivity (Wildman–Crippen MR) is 116 cm³/mol. The van der Waals surface area contributed by atoms with Gasteiger partial charge < -0.3 is 0 Å². The molecular formula is C23H30Cl2Zr. The van der Waals surface area contributed by atoms with Crippen molar-refractivity contribution in [3.05, 3.63) is 63.3 Å². The van der Waals surface area contributed by atoms with Crippen molar-refractivity contribution >= 4 is 29.0 Å². The van der Waals surface area contributed by atoms with Crippen LogP contribution in [0.5, 0.6) is 0 Å². The van der Waals surface area contributed by atoms with Crippen LogP contribution < -0.4 is 0 Å². The molecule has 0 N–H and O–H groups in total. The van der Waals surface area contributed by atoms with Crippen LogP contribution in [0.4, 0.5) is 0 Å². The molecule has 0 spiro atoms. The van der Waals surface area contributed by atoms with Gasteiger partial charge >= 0.3 is 155 Å². The van der Waals surface area contributed by atoms with Crippen LogP contribution in [0.1, 0.15) is 66.2 Å². The van der Waals surface area contributed by atoms with Crippen LogP contribution >= 0.6 is 24.8 Å². The van der Waals surface area contributed by atoms with Crippen LogP contribution in [-0.4, -0.2) is 4.21 Å². The second kappa shape index (κ2) is 8.42. The summed E-state index contributed by atoms with van der Waals surface area (Å²) in [6.45, 7) is 9.35. The normalized spacial score (nSPS) is 21.8. The van der Waals surface area contributed by atoms with E-state index >= 15 is 0 Å². The molecule has 0 saturated carbocycles. The van der Waals surface area contributed by atoms with Crippen LogP contribution in [0.2, 0.25) is 0 Å². The van der Waals surface area contributed by atoms with Gasteiger partial charge in [-0.25, -0.2) is 0 Å². The topological polar surface area (TPSA) is 0 Å². The van der Waals surface area contributed by atoms with E-state index in [9.17, 15) is 0 Å². The van der Waals surface area contributed by atoms with E-state index in [2.05, 4.69) is 39.8 Å². The summed E-state index contributed by atoms with van der Waals surface area (Å²) in [5, 5.41) is 0. The van der Waals surface area contributed by atoms with Crippen LogP contribution in [-0.2, 0) is 21.3 Å². The Morgan fingerprint density at radius 3 is 1.46 bits per heavy atom. The molecule has 0 atom stereocenters. The Labute approximate surface area is 178 Å². The Kier molecular flexibility index (Phi) is 7.15. The van der Waals surface area contributed by atoms with Gasteiger partial charge in [-0.3, -0.25) is 0 Å². The molecule has 140 valence electrons. The van der Waals surface area contributed by atoms with E-state index in [4.69, 9.17) is 4.21 Å². The van der Waals surface area contributed by atoms with E-state index in [1.165, 1.54) is 49.7 Å². The molecule has 0 radical (unpaired) electrons. The van der Waals surface area contributed by atoms with Gasteiger partial charge in [0.15, 0.2) is 0 Å². The molecule has 0 aromatic rings. The molecule has 0 aromatic heterocycles. The number of halogens is 2. The molecule has 0 aliphatic heterocycles. The summed E-state index contributed by atoms with van der Waals surface area (Å²) in [7, 11) is 0. The first kappa shape index (κ1) is 22.1. The second-order valence-corrected chi connectivity index (χ2v) is 12.7. The summed E-state index contributed by atoms with van der Waals surface area (Å²) in [4.78, 5) is 0. The summed E-state index contributed by atoms with van der Waals surface area (Å²) < 4.78 is 8.34. The third-order valence-electron chi connectivity index (χ3n) is 6.24. The number of hydrogen-bond donors (Lipinski definition) is 0.